The second-order valence-corrected chi connectivity index (χ2v) is 14.7. The molecule has 2 aliphatic heterocycles. The molecule has 2 amide bonds. The van der Waals surface area contributed by atoms with Gasteiger partial charge in [0.25, 0.3) is 0 Å². The number of unbranched alkanes of at least 4 members (excludes halogenated alkanes) is 1. The van der Waals surface area contributed by atoms with Gasteiger partial charge < -0.3 is 19.9 Å². The minimum Gasteiger partial charge on any atom is -0.404 e. The van der Waals surface area contributed by atoms with E-state index in [1.165, 1.54) is 5.56 Å². The molecule has 3 saturated carbocycles. The number of hydrogen-bond donors (Lipinski definition) is 2. The van der Waals surface area contributed by atoms with Crippen LogP contribution < -0.4 is 10.6 Å². The van der Waals surface area contributed by atoms with Crippen molar-refractivity contribution in [2.24, 2.45) is 44.5 Å². The molecule has 244 valence electrons. The number of rotatable bonds is 15. The number of ketones is 1. The van der Waals surface area contributed by atoms with Gasteiger partial charge in [0.15, 0.2) is 5.78 Å². The normalized spacial score (nSPS) is 27.4. The molecule has 2 bridgehead atoms. The van der Waals surface area contributed by atoms with E-state index in [0.29, 0.717) is 36.1 Å². The lowest BCUT2D eigenvalue weighted by Crippen LogP contribution is -2.65. The zero-order valence-corrected chi connectivity index (χ0v) is 27.8. The van der Waals surface area contributed by atoms with E-state index in [4.69, 9.17) is 9.31 Å². The van der Waals surface area contributed by atoms with Crippen molar-refractivity contribution in [3.8, 4) is 0 Å². The van der Waals surface area contributed by atoms with Crippen molar-refractivity contribution in [1.29, 1.82) is 0 Å². The highest BCUT2D eigenvalue weighted by Gasteiger charge is 2.68. The fourth-order valence-electron chi connectivity index (χ4n) is 7.77. The molecule has 5 aliphatic rings. The predicted molar refractivity (Wildman–Crippen MR) is 174 cm³/mol. The van der Waals surface area contributed by atoms with E-state index in [1.807, 2.05) is 24.3 Å². The largest absolute Gasteiger partial charge is 0.481 e. The van der Waals surface area contributed by atoms with Crippen molar-refractivity contribution >= 4 is 30.4 Å². The maximum absolute atomic E-state index is 14.0. The molecule has 10 nitrogen and oxygen atoms in total. The van der Waals surface area contributed by atoms with Gasteiger partial charge in [0.05, 0.1) is 35.7 Å². The molecule has 2 heterocycles. The van der Waals surface area contributed by atoms with Gasteiger partial charge in [-0.2, -0.15) is 5.11 Å². The Morgan fingerprint density at radius 1 is 1.11 bits per heavy atom. The summed E-state index contributed by atoms with van der Waals surface area (Å²) >= 11 is 0. The first-order valence-electron chi connectivity index (χ1n) is 16.8. The molecule has 3 aliphatic carbocycles. The van der Waals surface area contributed by atoms with Gasteiger partial charge in [-0.3, -0.25) is 14.4 Å². The SMILES string of the molecule is CCCCc1ccc(C(=O)C[C@@H](CNC(=O)CC2=NN=NC2)C(=O)N[C@@H](CC(C)C)B2O[C@@H]3C[C@H]4C[C@H](C4(C)C)[C@]3(C)O2)cc1. The van der Waals surface area contributed by atoms with Crippen LogP contribution in [0.1, 0.15) is 102 Å². The highest BCUT2D eigenvalue weighted by atomic mass is 16.7. The van der Waals surface area contributed by atoms with Gasteiger partial charge in [-0.15, -0.1) is 5.10 Å². The van der Waals surface area contributed by atoms with Crippen molar-refractivity contribution in [2.75, 3.05) is 13.1 Å². The van der Waals surface area contributed by atoms with Crippen LogP contribution in [0, 0.1) is 29.1 Å². The highest BCUT2D eigenvalue weighted by Crippen LogP contribution is 2.65. The highest BCUT2D eigenvalue weighted by molar-refractivity contribution is 6.47. The number of hydrogen-bond acceptors (Lipinski definition) is 8. The van der Waals surface area contributed by atoms with E-state index in [1.54, 1.807) is 0 Å². The van der Waals surface area contributed by atoms with Gasteiger partial charge in [-0.25, -0.2) is 0 Å². The van der Waals surface area contributed by atoms with Crippen molar-refractivity contribution in [1.82, 2.24) is 10.6 Å². The summed E-state index contributed by atoms with van der Waals surface area (Å²) in [6.07, 6.45) is 5.95. The first-order chi connectivity index (χ1) is 21.4. The monoisotopic (exact) mass is 619 g/mol. The van der Waals surface area contributed by atoms with E-state index in [0.717, 1.165) is 32.1 Å². The van der Waals surface area contributed by atoms with Crippen LogP contribution in [0.15, 0.2) is 39.7 Å². The number of nitrogens with one attached hydrogen (secondary N) is 2. The fourth-order valence-corrected chi connectivity index (χ4v) is 7.77. The predicted octanol–water partition coefficient (Wildman–Crippen LogP) is 5.34. The minimum absolute atomic E-state index is 0.000212. The number of Topliss-reactive ketones (excluding diaryl/α,β-unsaturated/α-hetero) is 1. The lowest BCUT2D eigenvalue weighted by molar-refractivity contribution is -0.199. The van der Waals surface area contributed by atoms with E-state index in [2.05, 4.69) is 67.6 Å². The van der Waals surface area contributed by atoms with E-state index >= 15 is 0 Å². The van der Waals surface area contributed by atoms with Gasteiger partial charge in [0.1, 0.15) is 6.54 Å². The summed E-state index contributed by atoms with van der Waals surface area (Å²) in [5.74, 6) is -0.577. The van der Waals surface area contributed by atoms with Crippen molar-refractivity contribution in [3.05, 3.63) is 35.4 Å². The summed E-state index contributed by atoms with van der Waals surface area (Å²) in [6.45, 7) is 13.5. The lowest BCUT2D eigenvalue weighted by Gasteiger charge is -2.64. The second-order valence-electron chi connectivity index (χ2n) is 14.7. The molecule has 0 unspecified atom stereocenters. The fraction of sp³-hybridized carbons (Fsp3) is 0.706. The Balaban J connectivity index is 1.28. The van der Waals surface area contributed by atoms with Gasteiger partial charge >= 0.3 is 7.12 Å². The molecule has 45 heavy (non-hydrogen) atoms. The summed E-state index contributed by atoms with van der Waals surface area (Å²) in [5.41, 5.74) is 2.13. The van der Waals surface area contributed by atoms with E-state index in [-0.39, 0.29) is 60.4 Å². The minimum atomic E-state index is -0.776. The van der Waals surface area contributed by atoms with Crippen molar-refractivity contribution in [3.63, 3.8) is 0 Å². The Bertz CT molecular complexity index is 1310. The number of carbonyl (C=O) groups is 3. The first-order valence-corrected chi connectivity index (χ1v) is 16.8. The number of carbonyl (C=O) groups excluding carboxylic acids is 3. The van der Waals surface area contributed by atoms with Gasteiger partial charge in [0.2, 0.25) is 11.8 Å². The smallest absolute Gasteiger partial charge is 0.404 e. The molecule has 0 aromatic heterocycles. The van der Waals surface area contributed by atoms with Crippen LogP contribution in [-0.2, 0) is 25.3 Å². The average Bonchev–Trinajstić information content (AvgIpc) is 3.64. The zero-order valence-electron chi connectivity index (χ0n) is 27.8. The van der Waals surface area contributed by atoms with E-state index < -0.39 is 18.6 Å². The molecule has 1 saturated heterocycles. The number of aryl methyl sites for hydroxylation is 1. The molecular weight excluding hydrogens is 569 g/mol. The topological polar surface area (TPSA) is 131 Å². The molecule has 1 aromatic carbocycles. The maximum atomic E-state index is 14.0. The standard InChI is InChI=1S/C34H50BN5O5/c1-7-8-9-22-10-12-23(13-11-22)27(41)15-24(19-36-31(42)18-26-20-37-40-39-26)32(43)38-30(14-21(2)3)35-44-29-17-25-16-28(33(25,4)5)34(29,6)45-35/h10-13,21,24-25,28-30H,7-9,14-20H2,1-6H3,(H,36,42)(H,38,43)/t24-,25+,28+,29+,30-,34-/m0/s1. The molecule has 6 atom stereocenters. The molecule has 11 heteroatoms. The third-order valence-corrected chi connectivity index (χ3v) is 10.7. The Morgan fingerprint density at radius 3 is 2.51 bits per heavy atom. The van der Waals surface area contributed by atoms with Crippen molar-refractivity contribution < 1.29 is 23.7 Å². The van der Waals surface area contributed by atoms with Crippen molar-refractivity contribution in [2.45, 2.75) is 111 Å². The summed E-state index contributed by atoms with van der Waals surface area (Å²) in [4.78, 5) is 40.2. The van der Waals surface area contributed by atoms with Crippen LogP contribution >= 0.6 is 0 Å². The molecule has 0 spiro atoms. The van der Waals surface area contributed by atoms with Crippen LogP contribution in [0.4, 0.5) is 0 Å². The zero-order chi connectivity index (χ0) is 32.4. The van der Waals surface area contributed by atoms with Gasteiger partial charge in [0, 0.05) is 18.5 Å². The van der Waals surface area contributed by atoms with Crippen LogP contribution in [-0.4, -0.2) is 61.2 Å². The molecule has 4 fully saturated rings. The Morgan fingerprint density at radius 2 is 1.87 bits per heavy atom. The van der Waals surface area contributed by atoms with Gasteiger partial charge in [-0.1, -0.05) is 65.3 Å². The number of amides is 2. The second kappa shape index (κ2) is 13.8. The Labute approximate surface area is 268 Å². The molecule has 1 aromatic rings. The summed E-state index contributed by atoms with van der Waals surface area (Å²) < 4.78 is 13.3. The maximum Gasteiger partial charge on any atom is 0.481 e. The number of nitrogens with zero attached hydrogens (tertiary/aromatic N) is 3. The third kappa shape index (κ3) is 7.40. The van der Waals surface area contributed by atoms with Crippen LogP contribution in [0.2, 0.25) is 0 Å². The Hall–Kier alpha value is -2.92. The van der Waals surface area contributed by atoms with Crippen LogP contribution in [0.3, 0.4) is 0 Å². The first kappa shape index (κ1) is 33.4. The average molecular weight is 620 g/mol. The van der Waals surface area contributed by atoms with Crippen LogP contribution in [0.25, 0.3) is 0 Å². The molecular formula is C34H50BN5O5. The molecule has 0 radical (unpaired) electrons. The summed E-state index contributed by atoms with van der Waals surface area (Å²) in [7, 11) is -0.573. The molecule has 6 rings (SSSR count). The molecule has 2 N–H and O–H groups in total. The van der Waals surface area contributed by atoms with E-state index in [9.17, 15) is 14.4 Å². The summed E-state index contributed by atoms with van der Waals surface area (Å²) in [6, 6.07) is 7.64. The van der Waals surface area contributed by atoms with Gasteiger partial charge in [-0.05, 0) is 73.0 Å². The lowest BCUT2D eigenvalue weighted by atomic mass is 9.43. The Kier molecular flexibility index (Phi) is 10.3. The summed E-state index contributed by atoms with van der Waals surface area (Å²) in [5, 5.41) is 17.3. The third-order valence-electron chi connectivity index (χ3n) is 10.7. The van der Waals surface area contributed by atoms with Crippen LogP contribution in [0.5, 0.6) is 0 Å². The number of benzene rings is 1. The quantitative estimate of drug-likeness (QED) is 0.202.